The van der Waals surface area contributed by atoms with Crippen molar-refractivity contribution in [3.05, 3.63) is 100 Å². The number of H-pyrrole nitrogens is 1. The van der Waals surface area contributed by atoms with Gasteiger partial charge in [0.05, 0.1) is 6.04 Å². The number of ether oxygens (including phenoxy) is 1. The third-order valence-corrected chi connectivity index (χ3v) is 6.00. The molecule has 1 aliphatic heterocycles. The molecule has 2 heterocycles. The minimum absolute atomic E-state index is 0.209. The molecule has 2 N–H and O–H groups in total. The van der Waals surface area contributed by atoms with E-state index in [9.17, 15) is 0 Å². The van der Waals surface area contributed by atoms with Gasteiger partial charge in [-0.05, 0) is 66.3 Å². The highest BCUT2D eigenvalue weighted by atomic mass is 16.5. The van der Waals surface area contributed by atoms with Crippen LogP contribution in [0.25, 0.3) is 10.9 Å². The predicted molar refractivity (Wildman–Crippen MR) is 119 cm³/mol. The summed E-state index contributed by atoms with van der Waals surface area (Å²) in [6.07, 6.45) is 1.03. The van der Waals surface area contributed by atoms with Crippen LogP contribution in [0, 0.1) is 13.8 Å². The normalized spacial score (nSPS) is 16.0. The average molecular weight is 383 g/mol. The first kappa shape index (κ1) is 18.0. The lowest BCUT2D eigenvalue weighted by molar-refractivity contribution is 0.306. The molecule has 0 fully saturated rings. The van der Waals surface area contributed by atoms with E-state index in [0.717, 1.165) is 18.7 Å². The van der Waals surface area contributed by atoms with Crippen molar-refractivity contribution in [2.75, 3.05) is 6.54 Å². The summed E-state index contributed by atoms with van der Waals surface area (Å²) in [4.78, 5) is 3.70. The van der Waals surface area contributed by atoms with Crippen molar-refractivity contribution in [1.29, 1.82) is 0 Å². The molecule has 3 heteroatoms. The van der Waals surface area contributed by atoms with Gasteiger partial charge in [-0.25, -0.2) is 0 Å². The van der Waals surface area contributed by atoms with Crippen molar-refractivity contribution in [1.82, 2.24) is 10.3 Å². The fraction of sp³-hybridized carbons (Fsp3) is 0.231. The molecule has 3 nitrogen and oxygen atoms in total. The molecule has 1 aliphatic rings. The highest BCUT2D eigenvalue weighted by Crippen LogP contribution is 2.37. The topological polar surface area (TPSA) is 37.0 Å². The highest BCUT2D eigenvalue weighted by molar-refractivity contribution is 5.86. The molecule has 0 bridgehead atoms. The summed E-state index contributed by atoms with van der Waals surface area (Å²) >= 11 is 0. The smallest absolute Gasteiger partial charge is 0.120 e. The lowest BCUT2D eigenvalue weighted by Crippen LogP contribution is -2.31. The van der Waals surface area contributed by atoms with Crippen LogP contribution in [0.5, 0.6) is 5.75 Å². The first-order chi connectivity index (χ1) is 14.2. The predicted octanol–water partition coefficient (Wildman–Crippen LogP) is 5.60. The number of hydrogen-bond acceptors (Lipinski definition) is 2. The van der Waals surface area contributed by atoms with E-state index in [1.165, 1.54) is 44.4 Å². The lowest BCUT2D eigenvalue weighted by atomic mass is 9.89. The number of aryl methyl sites for hydroxylation is 2. The minimum Gasteiger partial charge on any atom is -0.489 e. The van der Waals surface area contributed by atoms with Crippen molar-refractivity contribution in [2.24, 2.45) is 0 Å². The van der Waals surface area contributed by atoms with Gasteiger partial charge < -0.3 is 15.0 Å². The van der Waals surface area contributed by atoms with Gasteiger partial charge in [0.15, 0.2) is 0 Å². The van der Waals surface area contributed by atoms with Gasteiger partial charge in [-0.1, -0.05) is 48.5 Å². The molecule has 0 amide bonds. The second kappa shape index (κ2) is 7.41. The van der Waals surface area contributed by atoms with E-state index in [4.69, 9.17) is 4.74 Å². The number of fused-ring (bicyclic) bond motifs is 3. The molecule has 1 atom stereocenters. The van der Waals surface area contributed by atoms with Crippen LogP contribution >= 0.6 is 0 Å². The standard InChI is InChI=1S/C26H26N2O/c1-17-7-6-8-18(2)24(17)26-25-21(13-14-27-26)22-15-20(11-12-23(22)28-25)29-16-19-9-4-3-5-10-19/h3-12,15,26-28H,13-14,16H2,1-2H3. The third kappa shape index (κ3) is 3.32. The number of nitrogens with one attached hydrogen (secondary N) is 2. The van der Waals surface area contributed by atoms with E-state index in [2.05, 4.69) is 72.7 Å². The van der Waals surface area contributed by atoms with Gasteiger partial charge >= 0.3 is 0 Å². The Morgan fingerprint density at radius 3 is 2.52 bits per heavy atom. The maximum Gasteiger partial charge on any atom is 0.120 e. The second-order valence-electron chi connectivity index (χ2n) is 7.94. The van der Waals surface area contributed by atoms with Crippen LogP contribution in [0.4, 0.5) is 0 Å². The van der Waals surface area contributed by atoms with Crippen molar-refractivity contribution in [3.8, 4) is 5.75 Å². The van der Waals surface area contributed by atoms with Crippen LogP contribution < -0.4 is 10.1 Å². The summed E-state index contributed by atoms with van der Waals surface area (Å²) in [7, 11) is 0. The van der Waals surface area contributed by atoms with E-state index in [-0.39, 0.29) is 6.04 Å². The van der Waals surface area contributed by atoms with Gasteiger partial charge in [0.2, 0.25) is 0 Å². The quantitative estimate of drug-likeness (QED) is 0.482. The Bertz CT molecular complexity index is 1140. The Kier molecular flexibility index (Phi) is 4.61. The van der Waals surface area contributed by atoms with Crippen LogP contribution in [0.2, 0.25) is 0 Å². The van der Waals surface area contributed by atoms with Gasteiger partial charge in [0, 0.05) is 23.1 Å². The average Bonchev–Trinajstić information content (AvgIpc) is 3.12. The summed E-state index contributed by atoms with van der Waals surface area (Å²) in [6, 6.07) is 23.5. The Labute approximate surface area is 171 Å². The fourth-order valence-electron chi connectivity index (χ4n) is 4.57. The first-order valence-electron chi connectivity index (χ1n) is 10.3. The molecule has 5 rings (SSSR count). The van der Waals surface area contributed by atoms with Crippen LogP contribution in [0.3, 0.4) is 0 Å². The number of rotatable bonds is 4. The van der Waals surface area contributed by atoms with Crippen molar-refractivity contribution < 1.29 is 4.74 Å². The first-order valence-corrected chi connectivity index (χ1v) is 10.3. The molecule has 146 valence electrons. The van der Waals surface area contributed by atoms with Crippen LogP contribution in [-0.4, -0.2) is 11.5 Å². The molecule has 0 radical (unpaired) electrons. The van der Waals surface area contributed by atoms with Gasteiger partial charge in [-0.15, -0.1) is 0 Å². The number of hydrogen-bond donors (Lipinski definition) is 2. The largest absolute Gasteiger partial charge is 0.489 e. The second-order valence-corrected chi connectivity index (χ2v) is 7.94. The molecule has 29 heavy (non-hydrogen) atoms. The van der Waals surface area contributed by atoms with Gasteiger partial charge in [0.1, 0.15) is 12.4 Å². The molecular formula is C26H26N2O. The Hall–Kier alpha value is -3.04. The van der Waals surface area contributed by atoms with Gasteiger partial charge in [0.25, 0.3) is 0 Å². The molecule has 0 aliphatic carbocycles. The molecule has 0 saturated heterocycles. The van der Waals surface area contributed by atoms with Crippen molar-refractivity contribution in [3.63, 3.8) is 0 Å². The summed E-state index contributed by atoms with van der Waals surface area (Å²) in [5.41, 5.74) is 9.13. The summed E-state index contributed by atoms with van der Waals surface area (Å²) in [5.74, 6) is 0.922. The molecule has 0 saturated carbocycles. The molecule has 1 aromatic heterocycles. The Morgan fingerprint density at radius 1 is 0.931 bits per heavy atom. The SMILES string of the molecule is Cc1cccc(C)c1C1NCCc2c1[nH]c1ccc(OCc3ccccc3)cc21. The van der Waals surface area contributed by atoms with Crippen molar-refractivity contribution in [2.45, 2.75) is 32.9 Å². The summed E-state index contributed by atoms with van der Waals surface area (Å²) in [6.45, 7) is 5.98. The van der Waals surface area contributed by atoms with Crippen molar-refractivity contribution >= 4 is 10.9 Å². The zero-order valence-electron chi connectivity index (χ0n) is 17.0. The molecular weight excluding hydrogens is 356 g/mol. The number of aromatic nitrogens is 1. The zero-order chi connectivity index (χ0) is 19.8. The minimum atomic E-state index is 0.209. The summed E-state index contributed by atoms with van der Waals surface area (Å²) < 4.78 is 6.08. The van der Waals surface area contributed by atoms with E-state index in [1.807, 2.05) is 18.2 Å². The van der Waals surface area contributed by atoms with Gasteiger partial charge in [-0.2, -0.15) is 0 Å². The summed E-state index contributed by atoms with van der Waals surface area (Å²) in [5, 5.41) is 5.01. The molecule has 3 aromatic carbocycles. The maximum atomic E-state index is 6.08. The number of benzene rings is 3. The Balaban J connectivity index is 1.51. The highest BCUT2D eigenvalue weighted by Gasteiger charge is 2.27. The third-order valence-electron chi connectivity index (χ3n) is 6.00. The van der Waals surface area contributed by atoms with Crippen LogP contribution in [0.1, 0.15) is 39.6 Å². The maximum absolute atomic E-state index is 6.08. The lowest BCUT2D eigenvalue weighted by Gasteiger charge is -2.27. The van der Waals surface area contributed by atoms with Crippen LogP contribution in [0.15, 0.2) is 66.7 Å². The van der Waals surface area contributed by atoms with E-state index in [0.29, 0.717) is 6.61 Å². The van der Waals surface area contributed by atoms with E-state index >= 15 is 0 Å². The fourth-order valence-corrected chi connectivity index (χ4v) is 4.57. The number of aromatic amines is 1. The molecule has 0 spiro atoms. The van der Waals surface area contributed by atoms with E-state index < -0.39 is 0 Å². The zero-order valence-corrected chi connectivity index (χ0v) is 17.0. The molecule has 4 aromatic rings. The van der Waals surface area contributed by atoms with Crippen LogP contribution in [-0.2, 0) is 13.0 Å². The molecule has 1 unspecified atom stereocenters. The Morgan fingerprint density at radius 2 is 1.72 bits per heavy atom. The van der Waals surface area contributed by atoms with Gasteiger partial charge in [-0.3, -0.25) is 0 Å². The monoisotopic (exact) mass is 382 g/mol. The van der Waals surface area contributed by atoms with E-state index in [1.54, 1.807) is 0 Å².